The first-order chi connectivity index (χ1) is 12.1. The van der Waals surface area contributed by atoms with Gasteiger partial charge in [-0.05, 0) is 23.8 Å². The van der Waals surface area contributed by atoms with E-state index in [-0.39, 0.29) is 24.2 Å². The zero-order valence-corrected chi connectivity index (χ0v) is 13.8. The van der Waals surface area contributed by atoms with Gasteiger partial charge in [0.2, 0.25) is 5.91 Å². The number of urea groups is 1. The highest BCUT2D eigenvalue weighted by Gasteiger charge is 2.24. The molecule has 3 rings (SSSR count). The van der Waals surface area contributed by atoms with E-state index in [2.05, 4.69) is 5.32 Å². The number of carbonyl (C=O) groups excluding carboxylic acids is 2. The summed E-state index contributed by atoms with van der Waals surface area (Å²) in [6, 6.07) is 15.4. The Bertz CT molecular complexity index is 743. The molecule has 0 atom stereocenters. The minimum atomic E-state index is -0.364. The number of halogens is 1. The number of nitrogens with one attached hydrogen (secondary N) is 1. The lowest BCUT2D eigenvalue weighted by Gasteiger charge is -2.34. The molecule has 0 aromatic heterocycles. The molecular formula is C19H20FN3O2. The van der Waals surface area contributed by atoms with Crippen LogP contribution in [0.3, 0.4) is 0 Å². The van der Waals surface area contributed by atoms with E-state index in [0.29, 0.717) is 31.7 Å². The van der Waals surface area contributed by atoms with Crippen LogP contribution in [0.2, 0.25) is 0 Å². The van der Waals surface area contributed by atoms with E-state index in [1.54, 1.807) is 28.0 Å². The maximum absolute atomic E-state index is 13.7. The number of piperazine rings is 1. The van der Waals surface area contributed by atoms with Crippen molar-refractivity contribution in [2.45, 2.75) is 6.42 Å². The first-order valence-electron chi connectivity index (χ1n) is 8.25. The Labute approximate surface area is 146 Å². The van der Waals surface area contributed by atoms with Crippen molar-refractivity contribution in [2.24, 2.45) is 0 Å². The van der Waals surface area contributed by atoms with Crippen molar-refractivity contribution in [3.05, 3.63) is 66.0 Å². The lowest BCUT2D eigenvalue weighted by Crippen LogP contribution is -2.52. The molecule has 5 nitrogen and oxygen atoms in total. The van der Waals surface area contributed by atoms with Gasteiger partial charge in [0.05, 0.1) is 6.42 Å². The predicted octanol–water partition coefficient (Wildman–Crippen LogP) is 2.74. The predicted molar refractivity (Wildman–Crippen MR) is 93.7 cm³/mol. The molecule has 3 amide bonds. The second-order valence-corrected chi connectivity index (χ2v) is 5.93. The van der Waals surface area contributed by atoms with Crippen molar-refractivity contribution in [3.8, 4) is 0 Å². The van der Waals surface area contributed by atoms with Crippen molar-refractivity contribution in [2.75, 3.05) is 31.5 Å². The minimum absolute atomic E-state index is 0.0445. The van der Waals surface area contributed by atoms with Gasteiger partial charge >= 0.3 is 6.03 Å². The third-order valence-electron chi connectivity index (χ3n) is 4.24. The third-order valence-corrected chi connectivity index (χ3v) is 4.24. The van der Waals surface area contributed by atoms with Gasteiger partial charge in [-0.3, -0.25) is 4.79 Å². The maximum Gasteiger partial charge on any atom is 0.321 e. The van der Waals surface area contributed by atoms with Crippen LogP contribution < -0.4 is 5.32 Å². The van der Waals surface area contributed by atoms with Gasteiger partial charge in [-0.25, -0.2) is 9.18 Å². The average Bonchev–Trinajstić information content (AvgIpc) is 2.64. The summed E-state index contributed by atoms with van der Waals surface area (Å²) >= 11 is 0. The molecule has 0 aliphatic carbocycles. The summed E-state index contributed by atoms with van der Waals surface area (Å²) in [5.41, 5.74) is 1.14. The van der Waals surface area contributed by atoms with Gasteiger partial charge in [0, 0.05) is 31.9 Å². The molecule has 1 saturated heterocycles. The normalized spacial score (nSPS) is 14.3. The Morgan fingerprint density at radius 3 is 2.16 bits per heavy atom. The Morgan fingerprint density at radius 2 is 1.48 bits per heavy atom. The van der Waals surface area contributed by atoms with Gasteiger partial charge < -0.3 is 15.1 Å². The Balaban J connectivity index is 1.50. The topological polar surface area (TPSA) is 52.7 Å². The molecule has 0 unspecified atom stereocenters. The molecule has 0 radical (unpaired) electrons. The van der Waals surface area contributed by atoms with Gasteiger partial charge in [0.15, 0.2) is 0 Å². The molecule has 0 spiro atoms. The van der Waals surface area contributed by atoms with Crippen LogP contribution in [0.15, 0.2) is 54.6 Å². The van der Waals surface area contributed by atoms with E-state index in [4.69, 9.17) is 0 Å². The fourth-order valence-electron chi connectivity index (χ4n) is 2.80. The molecule has 1 aliphatic heterocycles. The highest BCUT2D eigenvalue weighted by atomic mass is 19.1. The van der Waals surface area contributed by atoms with Crippen molar-refractivity contribution in [1.82, 2.24) is 9.80 Å². The molecule has 130 valence electrons. The quantitative estimate of drug-likeness (QED) is 0.933. The van der Waals surface area contributed by atoms with Gasteiger partial charge in [0.25, 0.3) is 0 Å². The summed E-state index contributed by atoms with van der Waals surface area (Å²) in [7, 11) is 0. The lowest BCUT2D eigenvalue weighted by molar-refractivity contribution is -0.131. The fraction of sp³-hybridized carbons (Fsp3) is 0.263. The highest BCUT2D eigenvalue weighted by molar-refractivity contribution is 5.89. The maximum atomic E-state index is 13.7. The summed E-state index contributed by atoms with van der Waals surface area (Å²) in [6.45, 7) is 1.83. The average molecular weight is 341 g/mol. The van der Waals surface area contributed by atoms with Crippen LogP contribution in [0.1, 0.15) is 5.56 Å². The Kier molecular flexibility index (Phi) is 5.28. The van der Waals surface area contributed by atoms with Crippen LogP contribution in [-0.2, 0) is 11.2 Å². The number of hydrogen-bond donors (Lipinski definition) is 1. The summed E-state index contributed by atoms with van der Waals surface area (Å²) in [6.07, 6.45) is 0.0445. The van der Waals surface area contributed by atoms with Crippen molar-refractivity contribution >= 4 is 17.6 Å². The SMILES string of the molecule is O=C(Cc1ccccc1F)N1CCN(C(=O)Nc2ccccc2)CC1. The third kappa shape index (κ3) is 4.35. The minimum Gasteiger partial charge on any atom is -0.339 e. The first kappa shape index (κ1) is 17.0. The number of hydrogen-bond acceptors (Lipinski definition) is 2. The summed E-state index contributed by atoms with van der Waals surface area (Å²) in [5, 5.41) is 2.84. The number of carbonyl (C=O) groups is 2. The molecule has 25 heavy (non-hydrogen) atoms. The Hall–Kier alpha value is -2.89. The van der Waals surface area contributed by atoms with E-state index in [1.165, 1.54) is 6.07 Å². The largest absolute Gasteiger partial charge is 0.339 e. The molecule has 2 aromatic rings. The van der Waals surface area contributed by atoms with E-state index in [9.17, 15) is 14.0 Å². The van der Waals surface area contributed by atoms with E-state index in [1.807, 2.05) is 30.3 Å². The number of anilines is 1. The fourth-order valence-corrected chi connectivity index (χ4v) is 2.80. The molecule has 2 aromatic carbocycles. The zero-order valence-electron chi connectivity index (χ0n) is 13.8. The van der Waals surface area contributed by atoms with Gasteiger partial charge in [-0.1, -0.05) is 36.4 Å². The van der Waals surface area contributed by atoms with Crippen LogP contribution in [-0.4, -0.2) is 47.9 Å². The molecule has 1 fully saturated rings. The lowest BCUT2D eigenvalue weighted by atomic mass is 10.1. The number of amides is 3. The molecule has 0 bridgehead atoms. The Morgan fingerprint density at radius 1 is 0.880 bits per heavy atom. The van der Waals surface area contributed by atoms with Gasteiger partial charge in [-0.2, -0.15) is 0 Å². The number of benzene rings is 2. The van der Waals surface area contributed by atoms with Crippen molar-refractivity contribution < 1.29 is 14.0 Å². The first-order valence-corrected chi connectivity index (χ1v) is 8.25. The van der Waals surface area contributed by atoms with Crippen LogP contribution in [0, 0.1) is 5.82 Å². The molecule has 1 aliphatic rings. The van der Waals surface area contributed by atoms with Crippen LogP contribution in [0.5, 0.6) is 0 Å². The summed E-state index contributed by atoms with van der Waals surface area (Å²) in [4.78, 5) is 27.9. The molecular weight excluding hydrogens is 321 g/mol. The molecule has 1 heterocycles. The van der Waals surface area contributed by atoms with Crippen molar-refractivity contribution in [3.63, 3.8) is 0 Å². The van der Waals surface area contributed by atoms with E-state index < -0.39 is 0 Å². The second-order valence-electron chi connectivity index (χ2n) is 5.93. The zero-order chi connectivity index (χ0) is 17.6. The summed E-state index contributed by atoms with van der Waals surface area (Å²) < 4.78 is 13.7. The molecule has 6 heteroatoms. The van der Waals surface area contributed by atoms with Gasteiger partial charge in [-0.15, -0.1) is 0 Å². The number of rotatable bonds is 3. The van der Waals surface area contributed by atoms with Crippen LogP contribution in [0.4, 0.5) is 14.9 Å². The monoisotopic (exact) mass is 341 g/mol. The van der Waals surface area contributed by atoms with Crippen LogP contribution in [0.25, 0.3) is 0 Å². The highest BCUT2D eigenvalue weighted by Crippen LogP contribution is 2.12. The number of nitrogens with zero attached hydrogens (tertiary/aromatic N) is 2. The summed E-state index contributed by atoms with van der Waals surface area (Å²) in [5.74, 6) is -0.482. The van der Waals surface area contributed by atoms with E-state index >= 15 is 0 Å². The number of para-hydroxylation sites is 1. The smallest absolute Gasteiger partial charge is 0.321 e. The molecule has 0 saturated carbocycles. The standard InChI is InChI=1S/C19H20FN3O2/c20-17-9-5-4-6-15(17)14-18(24)22-10-12-23(13-11-22)19(25)21-16-7-2-1-3-8-16/h1-9H,10-14H2,(H,21,25). The second kappa shape index (κ2) is 7.79. The van der Waals surface area contributed by atoms with Crippen LogP contribution >= 0.6 is 0 Å². The molecule has 1 N–H and O–H groups in total. The van der Waals surface area contributed by atoms with Gasteiger partial charge in [0.1, 0.15) is 5.82 Å². The van der Waals surface area contributed by atoms with E-state index in [0.717, 1.165) is 5.69 Å². The van der Waals surface area contributed by atoms with Crippen molar-refractivity contribution in [1.29, 1.82) is 0 Å².